The van der Waals surface area contributed by atoms with E-state index < -0.39 is 11.6 Å². The number of rotatable bonds is 9. The fraction of sp³-hybridized carbons (Fsp3) is 0.556. The van der Waals surface area contributed by atoms with Gasteiger partial charge in [0.2, 0.25) is 0 Å². The lowest BCUT2D eigenvalue weighted by atomic mass is 10.1. The summed E-state index contributed by atoms with van der Waals surface area (Å²) in [6.07, 6.45) is 1.88. The maximum Gasteiger partial charge on any atom is 0.341 e. The smallest absolute Gasteiger partial charge is 0.341 e. The van der Waals surface area contributed by atoms with Crippen LogP contribution in [0, 0.1) is 0 Å². The van der Waals surface area contributed by atoms with E-state index in [-0.39, 0.29) is 11.5 Å². The second kappa shape index (κ2) is 9.27. The molecule has 6 nitrogen and oxygen atoms in total. The van der Waals surface area contributed by atoms with Crippen LogP contribution < -0.4 is 10.1 Å². The monoisotopic (exact) mass is 337 g/mol. The predicted molar refractivity (Wildman–Crippen MR) is 92.5 cm³/mol. The van der Waals surface area contributed by atoms with Crippen LogP contribution in [0.4, 0.5) is 5.69 Å². The van der Waals surface area contributed by atoms with E-state index >= 15 is 0 Å². The van der Waals surface area contributed by atoms with Crippen molar-refractivity contribution >= 4 is 17.6 Å². The van der Waals surface area contributed by atoms with E-state index in [9.17, 15) is 9.59 Å². The largest absolute Gasteiger partial charge is 0.493 e. The highest BCUT2D eigenvalue weighted by Gasteiger charge is 2.28. The lowest BCUT2D eigenvalue weighted by Crippen LogP contribution is -2.39. The second-order valence-electron chi connectivity index (χ2n) is 5.80. The number of benzene rings is 1. The second-order valence-corrected chi connectivity index (χ2v) is 5.80. The average Bonchev–Trinajstić information content (AvgIpc) is 2.55. The summed E-state index contributed by atoms with van der Waals surface area (Å²) in [4.78, 5) is 24.3. The average molecular weight is 337 g/mol. The van der Waals surface area contributed by atoms with Gasteiger partial charge >= 0.3 is 5.97 Å². The Bertz CT molecular complexity index is 569. The summed E-state index contributed by atoms with van der Waals surface area (Å²) in [6, 6.07) is 4.89. The van der Waals surface area contributed by atoms with Crippen LogP contribution in [-0.4, -0.2) is 37.8 Å². The number of hydrogen-bond donors (Lipinski definition) is 1. The van der Waals surface area contributed by atoms with Crippen molar-refractivity contribution in [3.63, 3.8) is 0 Å². The molecule has 24 heavy (non-hydrogen) atoms. The highest BCUT2D eigenvalue weighted by atomic mass is 16.5. The van der Waals surface area contributed by atoms with Crippen LogP contribution in [-0.2, 0) is 14.3 Å². The lowest BCUT2D eigenvalue weighted by molar-refractivity contribution is -0.136. The zero-order chi connectivity index (χ0) is 18.2. The van der Waals surface area contributed by atoms with Crippen molar-refractivity contribution in [2.24, 2.45) is 0 Å². The first-order chi connectivity index (χ1) is 11.4. The van der Waals surface area contributed by atoms with Crippen molar-refractivity contribution < 1.29 is 23.8 Å². The Morgan fingerprint density at radius 2 is 1.92 bits per heavy atom. The van der Waals surface area contributed by atoms with E-state index in [0.717, 1.165) is 12.8 Å². The third-order valence-corrected chi connectivity index (χ3v) is 3.45. The minimum atomic E-state index is -0.962. The molecule has 0 aliphatic rings. The summed E-state index contributed by atoms with van der Waals surface area (Å²) in [5.74, 6) is -0.362. The molecule has 1 aromatic carbocycles. The summed E-state index contributed by atoms with van der Waals surface area (Å²) >= 11 is 0. The molecule has 0 spiro atoms. The van der Waals surface area contributed by atoms with Gasteiger partial charge in [-0.1, -0.05) is 13.3 Å². The van der Waals surface area contributed by atoms with Crippen LogP contribution in [0.15, 0.2) is 18.2 Å². The van der Waals surface area contributed by atoms with Crippen LogP contribution in [0.5, 0.6) is 5.75 Å². The molecule has 0 aromatic heterocycles. The predicted octanol–water partition coefficient (Wildman–Crippen LogP) is 3.41. The molecule has 1 amide bonds. The molecule has 1 N–H and O–H groups in total. The molecule has 1 rings (SSSR count). The summed E-state index contributed by atoms with van der Waals surface area (Å²) in [5.41, 5.74) is -0.201. The van der Waals surface area contributed by atoms with Crippen LogP contribution in [0.1, 0.15) is 50.9 Å². The van der Waals surface area contributed by atoms with E-state index in [4.69, 9.17) is 14.2 Å². The zero-order valence-corrected chi connectivity index (χ0v) is 15.1. The highest BCUT2D eigenvalue weighted by Crippen LogP contribution is 2.25. The van der Waals surface area contributed by atoms with Crippen molar-refractivity contribution in [3.8, 4) is 5.75 Å². The molecule has 0 fully saturated rings. The van der Waals surface area contributed by atoms with Crippen molar-refractivity contribution in [1.82, 2.24) is 0 Å². The first-order valence-electron chi connectivity index (χ1n) is 8.16. The Morgan fingerprint density at radius 3 is 2.50 bits per heavy atom. The van der Waals surface area contributed by atoms with E-state index in [1.165, 1.54) is 7.11 Å². The molecular weight excluding hydrogens is 310 g/mol. The molecule has 0 atom stereocenters. The Hall–Kier alpha value is -2.08. The zero-order valence-electron chi connectivity index (χ0n) is 15.1. The number of nitrogens with one attached hydrogen (secondary N) is 1. The minimum Gasteiger partial charge on any atom is -0.493 e. The molecule has 0 unspecified atom stereocenters. The molecule has 0 aliphatic carbocycles. The van der Waals surface area contributed by atoms with Crippen LogP contribution in [0.25, 0.3) is 0 Å². The third-order valence-electron chi connectivity index (χ3n) is 3.45. The number of hydrogen-bond acceptors (Lipinski definition) is 5. The molecule has 0 saturated carbocycles. The van der Waals surface area contributed by atoms with Crippen molar-refractivity contribution in [1.29, 1.82) is 0 Å². The minimum absolute atomic E-state index is 0.278. The molecular formula is C18H27NO5. The first-order valence-corrected chi connectivity index (χ1v) is 8.16. The Labute approximate surface area is 143 Å². The molecule has 1 aromatic rings. The van der Waals surface area contributed by atoms with E-state index in [1.54, 1.807) is 32.0 Å². The molecule has 0 radical (unpaired) electrons. The van der Waals surface area contributed by atoms with Gasteiger partial charge in [-0.2, -0.15) is 0 Å². The molecule has 134 valence electrons. The van der Waals surface area contributed by atoms with Gasteiger partial charge < -0.3 is 19.5 Å². The normalized spacial score (nSPS) is 11.0. The van der Waals surface area contributed by atoms with Gasteiger partial charge in [-0.25, -0.2) is 4.79 Å². The summed E-state index contributed by atoms with van der Waals surface area (Å²) < 4.78 is 15.8. The number of carbonyl (C=O) groups excluding carboxylic acids is 2. The van der Waals surface area contributed by atoms with Gasteiger partial charge in [0.25, 0.3) is 5.91 Å². The summed E-state index contributed by atoms with van der Waals surface area (Å²) in [5, 5.41) is 2.75. The Morgan fingerprint density at radius 1 is 1.21 bits per heavy atom. The van der Waals surface area contributed by atoms with Crippen LogP contribution >= 0.6 is 0 Å². The number of esters is 1. The topological polar surface area (TPSA) is 73.9 Å². The SMILES string of the molecule is CCCCOc1ccc(NC(=O)C(C)(C)OCC)cc1C(=O)OC. The van der Waals surface area contributed by atoms with Crippen LogP contribution in [0.3, 0.4) is 0 Å². The third kappa shape index (κ3) is 5.53. The molecule has 0 bridgehead atoms. The summed E-state index contributed by atoms with van der Waals surface area (Å²) in [6.45, 7) is 8.21. The maximum absolute atomic E-state index is 12.3. The van der Waals surface area contributed by atoms with E-state index in [1.807, 2.05) is 6.92 Å². The Kier molecular flexibility index (Phi) is 7.71. The van der Waals surface area contributed by atoms with Gasteiger partial charge in [-0.05, 0) is 45.4 Å². The fourth-order valence-corrected chi connectivity index (χ4v) is 2.04. The van der Waals surface area contributed by atoms with Gasteiger partial charge in [0.1, 0.15) is 16.9 Å². The fourth-order valence-electron chi connectivity index (χ4n) is 2.04. The number of anilines is 1. The molecule has 0 heterocycles. The maximum atomic E-state index is 12.3. The quantitative estimate of drug-likeness (QED) is 0.552. The van der Waals surface area contributed by atoms with Crippen molar-refractivity contribution in [2.45, 2.75) is 46.1 Å². The van der Waals surface area contributed by atoms with Gasteiger partial charge in [0.05, 0.1) is 13.7 Å². The molecule has 6 heteroatoms. The highest BCUT2D eigenvalue weighted by molar-refractivity contribution is 5.99. The molecule has 0 saturated heterocycles. The number of methoxy groups -OCH3 is 1. The Balaban J connectivity index is 2.97. The lowest BCUT2D eigenvalue weighted by Gasteiger charge is -2.23. The van der Waals surface area contributed by atoms with Crippen molar-refractivity contribution in [3.05, 3.63) is 23.8 Å². The summed E-state index contributed by atoms with van der Waals surface area (Å²) in [7, 11) is 1.31. The van der Waals surface area contributed by atoms with Gasteiger partial charge in [-0.15, -0.1) is 0 Å². The molecule has 0 aliphatic heterocycles. The van der Waals surface area contributed by atoms with E-state index in [2.05, 4.69) is 12.2 Å². The van der Waals surface area contributed by atoms with Gasteiger partial charge in [-0.3, -0.25) is 4.79 Å². The number of carbonyl (C=O) groups is 2. The number of ether oxygens (including phenoxy) is 3. The van der Waals surface area contributed by atoms with E-state index in [0.29, 0.717) is 24.7 Å². The van der Waals surface area contributed by atoms with Crippen LogP contribution in [0.2, 0.25) is 0 Å². The van der Waals surface area contributed by atoms with Crippen molar-refractivity contribution in [2.75, 3.05) is 25.6 Å². The number of unbranched alkanes of at least 4 members (excludes halogenated alkanes) is 1. The van der Waals surface area contributed by atoms with Gasteiger partial charge in [0.15, 0.2) is 0 Å². The number of amides is 1. The van der Waals surface area contributed by atoms with Gasteiger partial charge in [0, 0.05) is 12.3 Å². The standard InChI is InChI=1S/C18H27NO5/c1-6-8-11-23-15-10-9-13(12-14(15)16(20)22-5)19-17(21)18(3,4)24-7-2/h9-10,12H,6-8,11H2,1-5H3,(H,19,21). The first kappa shape index (κ1) is 20.0.